The van der Waals surface area contributed by atoms with Gasteiger partial charge in [0, 0.05) is 18.1 Å². The van der Waals surface area contributed by atoms with Crippen molar-refractivity contribution in [3.63, 3.8) is 0 Å². The van der Waals surface area contributed by atoms with E-state index in [1.807, 2.05) is 24.3 Å². The molecule has 0 saturated carbocycles. The lowest BCUT2D eigenvalue weighted by atomic mass is 9.94. The third kappa shape index (κ3) is 2.90. The maximum atomic E-state index is 12.5. The van der Waals surface area contributed by atoms with E-state index in [0.29, 0.717) is 29.5 Å². The monoisotopic (exact) mass is 315 g/mol. The van der Waals surface area contributed by atoms with Gasteiger partial charge in [0.2, 0.25) is 5.60 Å². The first-order valence-electron chi connectivity index (χ1n) is 7.15. The number of para-hydroxylation sites is 1. The molecule has 3 rings (SSSR count). The number of rotatable bonds is 4. The average molecular weight is 315 g/mol. The quantitative estimate of drug-likeness (QED) is 0.937. The molecule has 7 heteroatoms. The van der Waals surface area contributed by atoms with Gasteiger partial charge in [-0.1, -0.05) is 22.4 Å². The number of nitrogens with zero attached hydrogens (tertiary/aromatic N) is 2. The van der Waals surface area contributed by atoms with Crippen LogP contribution < -0.4 is 10.1 Å². The number of oxime groups is 1. The van der Waals surface area contributed by atoms with Crippen molar-refractivity contribution >= 4 is 17.4 Å². The largest absolute Gasteiger partial charge is 0.496 e. The Labute approximate surface area is 133 Å². The summed E-state index contributed by atoms with van der Waals surface area (Å²) in [7, 11) is 1.59. The summed E-state index contributed by atoms with van der Waals surface area (Å²) < 4.78 is 10.3. The molecule has 2 heterocycles. The van der Waals surface area contributed by atoms with Crippen molar-refractivity contribution in [3.8, 4) is 5.75 Å². The summed E-state index contributed by atoms with van der Waals surface area (Å²) in [4.78, 5) is 17.9. The summed E-state index contributed by atoms with van der Waals surface area (Å²) in [5.41, 5.74) is 0.364. The van der Waals surface area contributed by atoms with E-state index in [2.05, 4.69) is 15.6 Å². The highest BCUT2D eigenvalue weighted by Gasteiger charge is 2.43. The van der Waals surface area contributed by atoms with Crippen LogP contribution in [0, 0.1) is 6.92 Å². The van der Waals surface area contributed by atoms with Gasteiger partial charge in [0.15, 0.2) is 5.82 Å². The van der Waals surface area contributed by atoms with E-state index >= 15 is 0 Å². The molecule has 1 atom stereocenters. The fraction of sp³-hybridized carbons (Fsp3) is 0.312. The Balaban J connectivity index is 1.75. The van der Waals surface area contributed by atoms with E-state index < -0.39 is 5.60 Å². The van der Waals surface area contributed by atoms with Crippen LogP contribution in [0.5, 0.6) is 5.75 Å². The average Bonchev–Trinajstić information content (AvgIpc) is 3.14. The van der Waals surface area contributed by atoms with Gasteiger partial charge in [0.05, 0.1) is 12.8 Å². The normalized spacial score (nSPS) is 19.9. The molecule has 2 aromatic rings. The molecule has 23 heavy (non-hydrogen) atoms. The zero-order valence-corrected chi connectivity index (χ0v) is 13.1. The molecule has 1 aromatic heterocycles. The lowest BCUT2D eigenvalue weighted by Crippen LogP contribution is -2.40. The van der Waals surface area contributed by atoms with E-state index in [1.54, 1.807) is 27.0 Å². The molecule has 1 aliphatic rings. The second kappa shape index (κ2) is 5.75. The first kappa shape index (κ1) is 15.1. The van der Waals surface area contributed by atoms with Gasteiger partial charge in [0.1, 0.15) is 11.5 Å². The van der Waals surface area contributed by atoms with Crippen LogP contribution in [-0.4, -0.2) is 29.5 Å². The van der Waals surface area contributed by atoms with Crippen molar-refractivity contribution in [2.75, 3.05) is 12.4 Å². The number of carbonyl (C=O) groups is 1. The molecule has 1 aromatic carbocycles. The van der Waals surface area contributed by atoms with E-state index in [9.17, 15) is 4.79 Å². The minimum atomic E-state index is -1.11. The van der Waals surface area contributed by atoms with Crippen LogP contribution in [0.4, 0.5) is 5.82 Å². The number of ether oxygens (including phenoxy) is 1. The molecule has 0 bridgehead atoms. The van der Waals surface area contributed by atoms with Gasteiger partial charge in [0.25, 0.3) is 5.91 Å². The third-order valence-corrected chi connectivity index (χ3v) is 3.63. The molecule has 7 nitrogen and oxygen atoms in total. The highest BCUT2D eigenvalue weighted by atomic mass is 16.7. The van der Waals surface area contributed by atoms with Crippen LogP contribution in [0.15, 0.2) is 40.0 Å². The van der Waals surface area contributed by atoms with Gasteiger partial charge >= 0.3 is 0 Å². The molecule has 0 unspecified atom stereocenters. The van der Waals surface area contributed by atoms with Gasteiger partial charge in [-0.3, -0.25) is 4.79 Å². The minimum Gasteiger partial charge on any atom is -0.496 e. The molecule has 0 radical (unpaired) electrons. The number of aromatic nitrogens is 1. The van der Waals surface area contributed by atoms with Gasteiger partial charge in [-0.2, -0.15) is 0 Å². The third-order valence-electron chi connectivity index (χ3n) is 3.63. The van der Waals surface area contributed by atoms with Crippen LogP contribution in [0.25, 0.3) is 0 Å². The number of anilines is 1. The summed E-state index contributed by atoms with van der Waals surface area (Å²) >= 11 is 0. The summed E-state index contributed by atoms with van der Waals surface area (Å²) in [5.74, 6) is 1.32. The Kier molecular flexibility index (Phi) is 3.77. The van der Waals surface area contributed by atoms with Crippen LogP contribution in [0.1, 0.15) is 24.7 Å². The van der Waals surface area contributed by atoms with Crippen molar-refractivity contribution in [2.45, 2.75) is 25.9 Å². The predicted octanol–water partition coefficient (Wildman–Crippen LogP) is 2.51. The molecular formula is C16H17N3O4. The molecule has 120 valence electrons. The molecule has 1 N–H and O–H groups in total. The van der Waals surface area contributed by atoms with E-state index in [1.165, 1.54) is 0 Å². The van der Waals surface area contributed by atoms with Crippen molar-refractivity contribution in [3.05, 3.63) is 41.7 Å². The smallest absolute Gasteiger partial charge is 0.272 e. The van der Waals surface area contributed by atoms with Gasteiger partial charge in [-0.25, -0.2) is 0 Å². The summed E-state index contributed by atoms with van der Waals surface area (Å²) in [6.45, 7) is 3.43. The fourth-order valence-corrected chi connectivity index (χ4v) is 2.36. The van der Waals surface area contributed by atoms with E-state index in [0.717, 1.165) is 5.56 Å². The number of hydrogen-bond donors (Lipinski definition) is 1. The number of nitrogens with one attached hydrogen (secondary N) is 1. The summed E-state index contributed by atoms with van der Waals surface area (Å²) in [6, 6.07) is 9.11. The zero-order valence-electron chi connectivity index (χ0n) is 13.1. The first-order valence-corrected chi connectivity index (χ1v) is 7.15. The lowest BCUT2D eigenvalue weighted by molar-refractivity contribution is -0.136. The van der Waals surface area contributed by atoms with Crippen LogP contribution in [0.3, 0.4) is 0 Å². The summed E-state index contributed by atoms with van der Waals surface area (Å²) in [6.07, 6.45) is 0.329. The van der Waals surface area contributed by atoms with Crippen LogP contribution in [-0.2, 0) is 9.63 Å². The zero-order chi connectivity index (χ0) is 16.4. The molecule has 0 aliphatic carbocycles. The van der Waals surface area contributed by atoms with Crippen molar-refractivity contribution in [1.82, 2.24) is 5.16 Å². The molecule has 1 amide bonds. The van der Waals surface area contributed by atoms with Crippen LogP contribution in [0.2, 0.25) is 0 Å². The first-order chi connectivity index (χ1) is 11.0. The SMILES string of the molecule is COc1ccccc1C1=NO[C@@](C)(C(=O)Nc2cc(C)on2)C1. The van der Waals surface area contributed by atoms with Crippen molar-refractivity contribution < 1.29 is 18.9 Å². The predicted molar refractivity (Wildman–Crippen MR) is 83.5 cm³/mol. The Hall–Kier alpha value is -2.83. The molecule has 0 spiro atoms. The van der Waals surface area contributed by atoms with Crippen LogP contribution >= 0.6 is 0 Å². The Morgan fingerprint density at radius 3 is 2.87 bits per heavy atom. The van der Waals surface area contributed by atoms with Gasteiger partial charge in [-0.15, -0.1) is 0 Å². The van der Waals surface area contributed by atoms with E-state index in [-0.39, 0.29) is 5.91 Å². The standard InChI is InChI=1S/C16H17N3O4/c1-10-8-14(19-22-10)17-15(20)16(2)9-12(18-23-16)11-6-4-5-7-13(11)21-3/h4-8H,9H2,1-3H3,(H,17,19,20)/t16-/m1/s1. The topological polar surface area (TPSA) is 86.0 Å². The number of hydrogen-bond acceptors (Lipinski definition) is 6. The van der Waals surface area contributed by atoms with Crippen molar-refractivity contribution in [2.24, 2.45) is 5.16 Å². The molecule has 0 saturated heterocycles. The van der Waals surface area contributed by atoms with Gasteiger partial charge in [-0.05, 0) is 26.0 Å². The Morgan fingerprint density at radius 1 is 1.39 bits per heavy atom. The molecule has 1 aliphatic heterocycles. The van der Waals surface area contributed by atoms with E-state index in [4.69, 9.17) is 14.1 Å². The highest BCUT2D eigenvalue weighted by Crippen LogP contribution is 2.31. The minimum absolute atomic E-state index is 0.329. The number of methoxy groups -OCH3 is 1. The van der Waals surface area contributed by atoms with Crippen molar-refractivity contribution in [1.29, 1.82) is 0 Å². The number of aryl methyl sites for hydroxylation is 1. The summed E-state index contributed by atoms with van der Waals surface area (Å²) in [5, 5.41) is 10.5. The number of amides is 1. The maximum absolute atomic E-state index is 12.5. The number of benzene rings is 1. The maximum Gasteiger partial charge on any atom is 0.272 e. The Bertz CT molecular complexity index is 768. The van der Waals surface area contributed by atoms with Gasteiger partial charge < -0.3 is 19.4 Å². The second-order valence-corrected chi connectivity index (χ2v) is 5.51. The Morgan fingerprint density at radius 2 is 2.17 bits per heavy atom. The number of carbonyl (C=O) groups excluding carboxylic acids is 1. The highest BCUT2D eigenvalue weighted by molar-refractivity contribution is 6.09. The lowest BCUT2D eigenvalue weighted by Gasteiger charge is -2.19. The fourth-order valence-electron chi connectivity index (χ4n) is 2.36. The molecule has 0 fully saturated rings. The second-order valence-electron chi connectivity index (χ2n) is 5.51. The molecular weight excluding hydrogens is 298 g/mol.